The first kappa shape index (κ1) is 24.0. The van der Waals surface area contributed by atoms with E-state index in [2.05, 4.69) is 20.6 Å². The van der Waals surface area contributed by atoms with Gasteiger partial charge in [0.1, 0.15) is 6.61 Å². The zero-order valence-electron chi connectivity index (χ0n) is 19.9. The highest BCUT2D eigenvalue weighted by Gasteiger charge is 2.27. The number of hydrogen-bond acceptors (Lipinski definition) is 8. The van der Waals surface area contributed by atoms with Gasteiger partial charge in [-0.15, -0.1) is 0 Å². The molecule has 2 aliphatic heterocycles. The maximum atomic E-state index is 13.0. The standard InChI is InChI=1S/C26H25N5O6/c32-24(18-6-7-20-21(14-18)37-16-36-20)30-23-22(27-10-11-28-23)25(33)29-19-8-12-31(13-9-19)26(34)35-15-17-4-2-1-3-5-17/h1-7,10-11,14,19H,8-9,12-13,15-16H2,(H,29,33)(H,28,30,32). The molecule has 5 rings (SSSR count). The minimum atomic E-state index is -0.463. The number of amides is 3. The highest BCUT2D eigenvalue weighted by Crippen LogP contribution is 2.32. The van der Waals surface area contributed by atoms with Crippen LogP contribution in [0.1, 0.15) is 39.3 Å². The van der Waals surface area contributed by atoms with Crippen LogP contribution < -0.4 is 20.1 Å². The van der Waals surface area contributed by atoms with Gasteiger partial charge in [0, 0.05) is 37.1 Å². The smallest absolute Gasteiger partial charge is 0.410 e. The number of anilines is 1. The first-order chi connectivity index (χ1) is 18.1. The van der Waals surface area contributed by atoms with E-state index in [1.807, 2.05) is 30.3 Å². The summed E-state index contributed by atoms with van der Waals surface area (Å²) >= 11 is 0. The van der Waals surface area contributed by atoms with Crippen molar-refractivity contribution in [3.63, 3.8) is 0 Å². The normalized spacial score (nSPS) is 14.6. The van der Waals surface area contributed by atoms with Crippen molar-refractivity contribution in [3.05, 3.63) is 77.7 Å². The van der Waals surface area contributed by atoms with E-state index in [-0.39, 0.29) is 37.0 Å². The molecule has 2 N–H and O–H groups in total. The third kappa shape index (κ3) is 5.77. The Morgan fingerprint density at radius 3 is 2.51 bits per heavy atom. The second-order valence-corrected chi connectivity index (χ2v) is 8.55. The molecule has 3 aromatic rings. The molecule has 0 spiro atoms. The van der Waals surface area contributed by atoms with E-state index in [0.717, 1.165) is 5.56 Å². The minimum Gasteiger partial charge on any atom is -0.454 e. The Kier molecular flexibility index (Phi) is 7.11. The van der Waals surface area contributed by atoms with Crippen LogP contribution >= 0.6 is 0 Å². The summed E-state index contributed by atoms with van der Waals surface area (Å²) in [5.74, 6) is 0.158. The van der Waals surface area contributed by atoms with E-state index >= 15 is 0 Å². The second-order valence-electron chi connectivity index (χ2n) is 8.55. The zero-order chi connectivity index (χ0) is 25.6. The lowest BCUT2D eigenvalue weighted by molar-refractivity contribution is 0.0807. The van der Waals surface area contributed by atoms with Gasteiger partial charge in [0.15, 0.2) is 23.0 Å². The van der Waals surface area contributed by atoms with Crippen molar-refractivity contribution in [3.8, 4) is 11.5 Å². The summed E-state index contributed by atoms with van der Waals surface area (Å²) in [6.07, 6.45) is 3.52. The molecule has 2 aliphatic rings. The fourth-order valence-electron chi connectivity index (χ4n) is 4.08. The van der Waals surface area contributed by atoms with E-state index < -0.39 is 11.8 Å². The summed E-state index contributed by atoms with van der Waals surface area (Å²) in [7, 11) is 0. The number of nitrogens with zero attached hydrogens (tertiary/aromatic N) is 3. The Labute approximate surface area is 212 Å². The van der Waals surface area contributed by atoms with E-state index in [9.17, 15) is 14.4 Å². The molecule has 0 unspecified atom stereocenters. The number of carbonyl (C=O) groups excluding carboxylic acids is 3. The lowest BCUT2D eigenvalue weighted by atomic mass is 10.1. The van der Waals surface area contributed by atoms with Crippen molar-refractivity contribution >= 4 is 23.7 Å². The average molecular weight is 504 g/mol. The van der Waals surface area contributed by atoms with Gasteiger partial charge in [-0.25, -0.2) is 14.8 Å². The van der Waals surface area contributed by atoms with Gasteiger partial charge in [-0.05, 0) is 36.6 Å². The molecule has 190 valence electrons. The number of likely N-dealkylation sites (tertiary alicyclic amines) is 1. The molecular formula is C26H25N5O6. The number of aromatic nitrogens is 2. The van der Waals surface area contributed by atoms with Crippen LogP contribution in [0, 0.1) is 0 Å². The molecule has 37 heavy (non-hydrogen) atoms. The first-order valence-corrected chi connectivity index (χ1v) is 11.9. The van der Waals surface area contributed by atoms with Crippen molar-refractivity contribution in [2.45, 2.75) is 25.5 Å². The van der Waals surface area contributed by atoms with Gasteiger partial charge in [0.25, 0.3) is 11.8 Å². The predicted octanol–water partition coefficient (Wildman–Crippen LogP) is 2.99. The molecule has 0 bridgehead atoms. The number of hydrogen-bond donors (Lipinski definition) is 2. The van der Waals surface area contributed by atoms with Crippen LogP contribution in [0.2, 0.25) is 0 Å². The van der Waals surface area contributed by atoms with Gasteiger partial charge in [0.05, 0.1) is 0 Å². The topological polar surface area (TPSA) is 132 Å². The SMILES string of the molecule is O=C(Nc1nccnc1C(=O)NC1CCN(C(=O)OCc2ccccc2)CC1)c1ccc2c(c1)OCO2. The largest absolute Gasteiger partial charge is 0.454 e. The Bertz CT molecular complexity index is 1290. The molecule has 0 radical (unpaired) electrons. The molecule has 11 nitrogen and oxygen atoms in total. The summed E-state index contributed by atoms with van der Waals surface area (Å²) in [5, 5.41) is 5.58. The van der Waals surface area contributed by atoms with Crippen LogP contribution in [-0.2, 0) is 11.3 Å². The lowest BCUT2D eigenvalue weighted by Gasteiger charge is -2.31. The molecule has 0 atom stereocenters. The Balaban J connectivity index is 1.14. The van der Waals surface area contributed by atoms with Crippen molar-refractivity contribution in [2.24, 2.45) is 0 Å². The predicted molar refractivity (Wildman–Crippen MR) is 131 cm³/mol. The summed E-state index contributed by atoms with van der Waals surface area (Å²) < 4.78 is 16.0. The third-order valence-electron chi connectivity index (χ3n) is 6.07. The number of carbonyl (C=O) groups is 3. The minimum absolute atomic E-state index is 0.00120. The van der Waals surface area contributed by atoms with Gasteiger partial charge in [-0.1, -0.05) is 30.3 Å². The molecule has 0 aliphatic carbocycles. The molecule has 2 aromatic carbocycles. The van der Waals surface area contributed by atoms with Crippen molar-refractivity contribution in [1.29, 1.82) is 0 Å². The van der Waals surface area contributed by atoms with Crippen molar-refractivity contribution < 1.29 is 28.6 Å². The quantitative estimate of drug-likeness (QED) is 0.525. The highest BCUT2D eigenvalue weighted by molar-refractivity contribution is 6.07. The van der Waals surface area contributed by atoms with Crippen LogP contribution in [0.4, 0.5) is 10.6 Å². The van der Waals surface area contributed by atoms with Crippen LogP contribution in [0.25, 0.3) is 0 Å². The summed E-state index contributed by atoms with van der Waals surface area (Å²) in [4.78, 5) is 48.0. The van der Waals surface area contributed by atoms with Crippen LogP contribution in [0.3, 0.4) is 0 Å². The highest BCUT2D eigenvalue weighted by atomic mass is 16.7. The van der Waals surface area contributed by atoms with Crippen molar-refractivity contribution in [1.82, 2.24) is 20.2 Å². The number of rotatable bonds is 6. The van der Waals surface area contributed by atoms with Crippen molar-refractivity contribution in [2.75, 3.05) is 25.2 Å². The average Bonchev–Trinajstić information content (AvgIpc) is 3.41. The maximum Gasteiger partial charge on any atom is 0.410 e. The summed E-state index contributed by atoms with van der Waals surface area (Å²) in [6, 6.07) is 14.1. The monoisotopic (exact) mass is 503 g/mol. The van der Waals surface area contributed by atoms with Crippen LogP contribution in [0.5, 0.6) is 11.5 Å². The van der Waals surface area contributed by atoms with Crippen LogP contribution in [-0.4, -0.2) is 58.7 Å². The molecule has 1 saturated heterocycles. The van der Waals surface area contributed by atoms with E-state index in [4.69, 9.17) is 14.2 Å². The fraction of sp³-hybridized carbons (Fsp3) is 0.269. The Morgan fingerprint density at radius 2 is 1.70 bits per heavy atom. The lowest BCUT2D eigenvalue weighted by Crippen LogP contribution is -2.47. The Hall–Kier alpha value is -4.67. The fourth-order valence-corrected chi connectivity index (χ4v) is 4.08. The molecule has 3 heterocycles. The molecule has 0 saturated carbocycles. The number of benzene rings is 2. The van der Waals surface area contributed by atoms with E-state index in [1.165, 1.54) is 12.4 Å². The van der Waals surface area contributed by atoms with E-state index in [0.29, 0.717) is 43.0 Å². The molecular weight excluding hydrogens is 478 g/mol. The van der Waals surface area contributed by atoms with Crippen LogP contribution in [0.15, 0.2) is 60.9 Å². The van der Waals surface area contributed by atoms with Gasteiger partial charge in [-0.3, -0.25) is 9.59 Å². The molecule has 3 amide bonds. The number of fused-ring (bicyclic) bond motifs is 1. The van der Waals surface area contributed by atoms with Gasteiger partial charge < -0.3 is 29.7 Å². The number of ether oxygens (including phenoxy) is 3. The third-order valence-corrected chi connectivity index (χ3v) is 6.07. The second kappa shape index (κ2) is 10.9. The van der Waals surface area contributed by atoms with E-state index in [1.54, 1.807) is 23.1 Å². The van der Waals surface area contributed by atoms with Gasteiger partial charge >= 0.3 is 6.09 Å². The zero-order valence-corrected chi connectivity index (χ0v) is 19.9. The molecule has 11 heteroatoms. The maximum absolute atomic E-state index is 13.0. The number of nitrogens with one attached hydrogen (secondary N) is 2. The number of piperidine rings is 1. The Morgan fingerprint density at radius 1 is 0.946 bits per heavy atom. The van der Waals surface area contributed by atoms with Gasteiger partial charge in [0.2, 0.25) is 6.79 Å². The summed E-state index contributed by atoms with van der Waals surface area (Å²) in [6.45, 7) is 1.21. The van der Waals surface area contributed by atoms with Gasteiger partial charge in [-0.2, -0.15) is 0 Å². The first-order valence-electron chi connectivity index (χ1n) is 11.9. The molecule has 1 fully saturated rings. The summed E-state index contributed by atoms with van der Waals surface area (Å²) in [5.41, 5.74) is 1.25. The molecule has 1 aromatic heterocycles.